The first-order chi connectivity index (χ1) is 13.7. The highest BCUT2D eigenvalue weighted by molar-refractivity contribution is 5.59. The SMILES string of the molecule is Cc1ccc(C=CC=Cc2ccc(C=CC=Cc3ccc(C)cc3)nc2)cc1. The Kier molecular flexibility index (Phi) is 6.92. The minimum absolute atomic E-state index is 0.945. The number of aryl methyl sites for hydroxylation is 2. The van der Waals surface area contributed by atoms with E-state index in [1.165, 1.54) is 22.3 Å². The lowest BCUT2D eigenvalue weighted by Crippen LogP contribution is -1.80. The Balaban J connectivity index is 1.52. The smallest absolute Gasteiger partial charge is 0.0630 e. The minimum Gasteiger partial charge on any atom is -0.256 e. The van der Waals surface area contributed by atoms with Gasteiger partial charge >= 0.3 is 0 Å². The fraction of sp³-hybridized carbons (Fsp3) is 0.0741. The summed E-state index contributed by atoms with van der Waals surface area (Å²) in [5.74, 6) is 0. The van der Waals surface area contributed by atoms with Crippen LogP contribution in [0.4, 0.5) is 0 Å². The number of aromatic nitrogens is 1. The molecule has 0 radical (unpaired) electrons. The molecule has 0 fully saturated rings. The molecule has 0 saturated heterocycles. The summed E-state index contributed by atoms with van der Waals surface area (Å²) >= 11 is 0. The van der Waals surface area contributed by atoms with Crippen LogP contribution in [-0.4, -0.2) is 4.98 Å². The summed E-state index contributed by atoms with van der Waals surface area (Å²) in [6, 6.07) is 21.1. The third-order valence-electron chi connectivity index (χ3n) is 4.32. The Morgan fingerprint density at radius 2 is 0.929 bits per heavy atom. The molecule has 0 amide bonds. The molecular formula is C27H25N. The number of nitrogens with zero attached hydrogens (tertiary/aromatic N) is 1. The highest BCUT2D eigenvalue weighted by atomic mass is 14.7. The topological polar surface area (TPSA) is 12.9 Å². The largest absolute Gasteiger partial charge is 0.256 e. The normalized spacial score (nSPS) is 12.1. The molecule has 1 heteroatoms. The van der Waals surface area contributed by atoms with E-state index in [0.717, 1.165) is 11.3 Å². The quantitative estimate of drug-likeness (QED) is 0.424. The minimum atomic E-state index is 0.945. The molecule has 0 aliphatic rings. The fourth-order valence-corrected chi connectivity index (χ4v) is 2.62. The average molecular weight is 364 g/mol. The summed E-state index contributed by atoms with van der Waals surface area (Å²) in [4.78, 5) is 4.49. The number of hydrogen-bond acceptors (Lipinski definition) is 1. The van der Waals surface area contributed by atoms with Crippen molar-refractivity contribution >= 4 is 24.3 Å². The molecule has 3 rings (SSSR count). The average Bonchev–Trinajstić information content (AvgIpc) is 2.72. The first-order valence-electron chi connectivity index (χ1n) is 9.48. The van der Waals surface area contributed by atoms with Gasteiger partial charge in [-0.1, -0.05) is 108 Å². The molecule has 28 heavy (non-hydrogen) atoms. The second-order valence-corrected chi connectivity index (χ2v) is 6.77. The van der Waals surface area contributed by atoms with Crippen molar-refractivity contribution in [1.29, 1.82) is 0 Å². The van der Waals surface area contributed by atoms with Crippen molar-refractivity contribution < 1.29 is 0 Å². The van der Waals surface area contributed by atoms with E-state index in [0.29, 0.717) is 0 Å². The maximum absolute atomic E-state index is 4.49. The molecular weight excluding hydrogens is 338 g/mol. The molecule has 2 aromatic carbocycles. The zero-order valence-corrected chi connectivity index (χ0v) is 16.4. The first kappa shape index (κ1) is 19.3. The predicted molar refractivity (Wildman–Crippen MR) is 123 cm³/mol. The molecule has 0 unspecified atom stereocenters. The summed E-state index contributed by atoms with van der Waals surface area (Å²) in [7, 11) is 0. The monoisotopic (exact) mass is 363 g/mol. The van der Waals surface area contributed by atoms with Crippen LogP contribution in [0.3, 0.4) is 0 Å². The zero-order valence-electron chi connectivity index (χ0n) is 16.4. The van der Waals surface area contributed by atoms with Crippen LogP contribution in [-0.2, 0) is 0 Å². The van der Waals surface area contributed by atoms with Gasteiger partial charge < -0.3 is 0 Å². The highest BCUT2D eigenvalue weighted by Gasteiger charge is 1.90. The summed E-state index contributed by atoms with van der Waals surface area (Å²) < 4.78 is 0. The van der Waals surface area contributed by atoms with Crippen molar-refractivity contribution in [1.82, 2.24) is 4.98 Å². The first-order valence-corrected chi connectivity index (χ1v) is 9.48. The molecule has 1 heterocycles. The molecule has 0 aliphatic heterocycles. The Morgan fingerprint density at radius 3 is 1.39 bits per heavy atom. The summed E-state index contributed by atoms with van der Waals surface area (Å²) in [5.41, 5.74) is 6.98. The molecule has 0 bridgehead atoms. The summed E-state index contributed by atoms with van der Waals surface area (Å²) in [6.45, 7) is 4.19. The molecule has 0 saturated carbocycles. The van der Waals surface area contributed by atoms with Gasteiger partial charge in [-0.3, -0.25) is 4.98 Å². The van der Waals surface area contributed by atoms with Crippen LogP contribution in [0.1, 0.15) is 33.5 Å². The predicted octanol–water partition coefficient (Wildman–Crippen LogP) is 7.15. The maximum atomic E-state index is 4.49. The van der Waals surface area contributed by atoms with Crippen LogP contribution < -0.4 is 0 Å². The molecule has 0 N–H and O–H groups in total. The number of allylic oxidation sites excluding steroid dienone is 4. The van der Waals surface area contributed by atoms with Gasteiger partial charge in [0.25, 0.3) is 0 Å². The summed E-state index contributed by atoms with van der Waals surface area (Å²) in [6.07, 6.45) is 18.3. The second kappa shape index (κ2) is 10.0. The standard InChI is InChI=1S/C27H25N/c1-22-11-15-24(16-12-22)7-3-4-9-26-19-20-27(28-21-26)10-6-5-8-25-17-13-23(2)14-18-25/h3-21H,1-2H3. The van der Waals surface area contributed by atoms with Gasteiger partial charge in [0.2, 0.25) is 0 Å². The molecule has 0 atom stereocenters. The Morgan fingerprint density at radius 1 is 0.500 bits per heavy atom. The van der Waals surface area contributed by atoms with Crippen LogP contribution >= 0.6 is 0 Å². The lowest BCUT2D eigenvalue weighted by molar-refractivity contribution is 1.28. The Bertz CT molecular complexity index is 899. The maximum Gasteiger partial charge on any atom is 0.0630 e. The van der Waals surface area contributed by atoms with Crippen molar-refractivity contribution in [2.45, 2.75) is 13.8 Å². The molecule has 0 spiro atoms. The van der Waals surface area contributed by atoms with Gasteiger partial charge in [0.1, 0.15) is 0 Å². The number of benzene rings is 2. The van der Waals surface area contributed by atoms with Crippen molar-refractivity contribution in [3.8, 4) is 0 Å². The number of pyridine rings is 1. The van der Waals surface area contributed by atoms with Crippen molar-refractivity contribution in [2.24, 2.45) is 0 Å². The molecule has 138 valence electrons. The zero-order chi connectivity index (χ0) is 19.6. The van der Waals surface area contributed by atoms with Gasteiger partial charge in [0, 0.05) is 6.20 Å². The van der Waals surface area contributed by atoms with Gasteiger partial charge in [-0.15, -0.1) is 0 Å². The van der Waals surface area contributed by atoms with E-state index in [2.05, 4.69) is 91.7 Å². The highest BCUT2D eigenvalue weighted by Crippen LogP contribution is 2.08. The Labute approximate surface area is 168 Å². The van der Waals surface area contributed by atoms with E-state index in [4.69, 9.17) is 0 Å². The summed E-state index contributed by atoms with van der Waals surface area (Å²) in [5, 5.41) is 0. The fourth-order valence-electron chi connectivity index (χ4n) is 2.62. The third kappa shape index (κ3) is 6.37. The number of hydrogen-bond donors (Lipinski definition) is 0. The van der Waals surface area contributed by atoms with E-state index in [9.17, 15) is 0 Å². The Hall–Kier alpha value is -3.45. The van der Waals surface area contributed by atoms with Gasteiger partial charge in [-0.2, -0.15) is 0 Å². The van der Waals surface area contributed by atoms with Gasteiger partial charge in [0.15, 0.2) is 0 Å². The third-order valence-corrected chi connectivity index (χ3v) is 4.32. The van der Waals surface area contributed by atoms with Crippen LogP contribution in [0.25, 0.3) is 24.3 Å². The van der Waals surface area contributed by atoms with Gasteiger partial charge in [0.05, 0.1) is 5.69 Å². The van der Waals surface area contributed by atoms with Gasteiger partial charge in [-0.05, 0) is 42.7 Å². The molecule has 3 aromatic rings. The van der Waals surface area contributed by atoms with E-state index < -0.39 is 0 Å². The van der Waals surface area contributed by atoms with Crippen LogP contribution in [0.15, 0.2) is 91.2 Å². The van der Waals surface area contributed by atoms with Crippen molar-refractivity contribution in [3.05, 3.63) is 125 Å². The van der Waals surface area contributed by atoms with E-state index in [1.54, 1.807) is 0 Å². The van der Waals surface area contributed by atoms with Gasteiger partial charge in [-0.25, -0.2) is 0 Å². The van der Waals surface area contributed by atoms with Crippen LogP contribution in [0, 0.1) is 13.8 Å². The lowest BCUT2D eigenvalue weighted by Gasteiger charge is -1.95. The second-order valence-electron chi connectivity index (χ2n) is 6.77. The van der Waals surface area contributed by atoms with E-state index in [-0.39, 0.29) is 0 Å². The van der Waals surface area contributed by atoms with E-state index in [1.807, 2.05) is 42.6 Å². The van der Waals surface area contributed by atoms with Crippen LogP contribution in [0.5, 0.6) is 0 Å². The lowest BCUT2D eigenvalue weighted by atomic mass is 10.1. The van der Waals surface area contributed by atoms with Crippen molar-refractivity contribution in [2.75, 3.05) is 0 Å². The molecule has 1 aromatic heterocycles. The van der Waals surface area contributed by atoms with Crippen LogP contribution in [0.2, 0.25) is 0 Å². The van der Waals surface area contributed by atoms with Crippen molar-refractivity contribution in [3.63, 3.8) is 0 Å². The molecule has 1 nitrogen and oxygen atoms in total. The molecule has 0 aliphatic carbocycles. The van der Waals surface area contributed by atoms with E-state index >= 15 is 0 Å². The number of rotatable bonds is 6.